The average molecular weight is 292 g/mol. The van der Waals surface area contributed by atoms with E-state index >= 15 is 0 Å². The minimum absolute atomic E-state index is 0. The summed E-state index contributed by atoms with van der Waals surface area (Å²) in [7, 11) is 0. The highest BCUT2D eigenvalue weighted by Gasteiger charge is 2.31. The van der Waals surface area contributed by atoms with Crippen molar-refractivity contribution in [3.8, 4) is 0 Å². The summed E-state index contributed by atoms with van der Waals surface area (Å²) in [6.07, 6.45) is 0.982. The first-order valence-corrected chi connectivity index (χ1v) is 5.57. The van der Waals surface area contributed by atoms with E-state index in [-0.39, 0.29) is 54.5 Å². The molecule has 1 atom stereocenters. The number of carboxylic acid groups (broad SMARTS) is 1. The first-order chi connectivity index (χ1) is 8.43. The molecule has 1 aliphatic heterocycles. The lowest BCUT2D eigenvalue weighted by Gasteiger charge is -2.12. The number of hydrogen-bond acceptors (Lipinski definition) is 5. The van der Waals surface area contributed by atoms with Gasteiger partial charge in [0.1, 0.15) is 6.04 Å². The molecule has 116 valence electrons. The van der Waals surface area contributed by atoms with Crippen LogP contribution >= 0.6 is 0 Å². The molecule has 0 radical (unpaired) electrons. The van der Waals surface area contributed by atoms with E-state index in [0.29, 0.717) is 6.42 Å². The third-order valence-electron chi connectivity index (χ3n) is 2.54. The van der Waals surface area contributed by atoms with Crippen molar-refractivity contribution in [1.82, 2.24) is 4.90 Å². The Bertz CT molecular complexity index is 381. The number of hydrogen-bond donors (Lipinski definition) is 3. The quantitative estimate of drug-likeness (QED) is 0.208. The standard InChI is InChI=1S/C10H16N4O4.2H2O/c11-6(9(17)18)2-1-5-13-10(12)14-7(15)3-4-8(14)16;;/h6H,1-5,11H2,(H2,12,13)(H,17,18);2*1H2. The summed E-state index contributed by atoms with van der Waals surface area (Å²) in [5, 5.41) is 8.55. The molecule has 0 aromatic carbocycles. The van der Waals surface area contributed by atoms with E-state index in [1.165, 1.54) is 0 Å². The van der Waals surface area contributed by atoms with Crippen molar-refractivity contribution in [3.05, 3.63) is 0 Å². The number of guanidine groups is 1. The summed E-state index contributed by atoms with van der Waals surface area (Å²) >= 11 is 0. The molecule has 1 heterocycles. The zero-order valence-corrected chi connectivity index (χ0v) is 10.8. The van der Waals surface area contributed by atoms with E-state index in [2.05, 4.69) is 4.99 Å². The van der Waals surface area contributed by atoms with Gasteiger partial charge < -0.3 is 27.5 Å². The predicted octanol–water partition coefficient (Wildman–Crippen LogP) is -3.01. The molecule has 0 saturated carbocycles. The van der Waals surface area contributed by atoms with Gasteiger partial charge in [0.2, 0.25) is 17.8 Å². The average Bonchev–Trinajstić information content (AvgIpc) is 2.63. The number of carboxylic acids is 1. The lowest BCUT2D eigenvalue weighted by Crippen LogP contribution is -2.41. The molecule has 1 aliphatic rings. The maximum Gasteiger partial charge on any atom is 0.320 e. The minimum Gasteiger partial charge on any atom is -0.480 e. The number of carbonyl (C=O) groups is 3. The largest absolute Gasteiger partial charge is 0.480 e. The number of nitrogens with zero attached hydrogens (tertiary/aromatic N) is 2. The number of aliphatic imine (C=N–C) groups is 1. The fraction of sp³-hybridized carbons (Fsp3) is 0.600. The molecule has 0 aliphatic carbocycles. The number of carbonyl (C=O) groups excluding carboxylic acids is 2. The zero-order chi connectivity index (χ0) is 13.7. The third-order valence-corrected chi connectivity index (χ3v) is 2.54. The second kappa shape index (κ2) is 8.96. The minimum atomic E-state index is -1.07. The molecule has 0 spiro atoms. The van der Waals surface area contributed by atoms with Crippen LogP contribution in [0.2, 0.25) is 0 Å². The first-order valence-electron chi connectivity index (χ1n) is 5.57. The summed E-state index contributed by atoms with van der Waals surface area (Å²) in [5.41, 5.74) is 10.8. The first kappa shape index (κ1) is 20.3. The SMILES string of the molecule is NC(=NCCCC(N)C(=O)O)N1C(=O)CCC1=O.O.O. The molecule has 0 bridgehead atoms. The maximum absolute atomic E-state index is 11.3. The summed E-state index contributed by atoms with van der Waals surface area (Å²) in [6, 6.07) is -0.934. The van der Waals surface area contributed by atoms with Crippen LogP contribution in [0.3, 0.4) is 0 Å². The molecule has 9 N–H and O–H groups in total. The topological polar surface area (TPSA) is 202 Å². The Balaban J connectivity index is 0. The Morgan fingerprint density at radius 2 is 1.80 bits per heavy atom. The van der Waals surface area contributed by atoms with E-state index in [1.54, 1.807) is 0 Å². The van der Waals surface area contributed by atoms with E-state index in [0.717, 1.165) is 4.90 Å². The Morgan fingerprint density at radius 1 is 1.30 bits per heavy atom. The normalized spacial score (nSPS) is 16.4. The Labute approximate surface area is 115 Å². The maximum atomic E-state index is 11.3. The second-order valence-electron chi connectivity index (χ2n) is 3.95. The van der Waals surface area contributed by atoms with E-state index in [9.17, 15) is 14.4 Å². The smallest absolute Gasteiger partial charge is 0.320 e. The van der Waals surface area contributed by atoms with Gasteiger partial charge in [-0.25, -0.2) is 4.90 Å². The number of imide groups is 1. The highest BCUT2D eigenvalue weighted by atomic mass is 16.4. The van der Waals surface area contributed by atoms with Crippen LogP contribution in [0.4, 0.5) is 0 Å². The summed E-state index contributed by atoms with van der Waals surface area (Å²) < 4.78 is 0. The van der Waals surface area contributed by atoms with Crippen molar-refractivity contribution in [2.24, 2.45) is 16.5 Å². The lowest BCUT2D eigenvalue weighted by atomic mass is 10.2. The molecule has 1 saturated heterocycles. The van der Waals surface area contributed by atoms with Crippen LogP contribution in [0.5, 0.6) is 0 Å². The third kappa shape index (κ3) is 5.30. The van der Waals surface area contributed by atoms with Crippen LogP contribution in [0.15, 0.2) is 4.99 Å². The fourth-order valence-corrected chi connectivity index (χ4v) is 1.53. The molecule has 10 heteroatoms. The van der Waals surface area contributed by atoms with E-state index in [1.807, 2.05) is 0 Å². The number of likely N-dealkylation sites (tertiary alicyclic amines) is 1. The number of amides is 2. The molecule has 0 aromatic heterocycles. The van der Waals surface area contributed by atoms with Gasteiger partial charge in [0.15, 0.2) is 0 Å². The van der Waals surface area contributed by atoms with Crippen LogP contribution in [-0.2, 0) is 14.4 Å². The predicted molar refractivity (Wildman–Crippen MR) is 69.6 cm³/mol. The summed E-state index contributed by atoms with van der Waals surface area (Å²) in [4.78, 5) is 37.8. The van der Waals surface area contributed by atoms with Crippen molar-refractivity contribution >= 4 is 23.7 Å². The molecule has 0 aromatic rings. The lowest BCUT2D eigenvalue weighted by molar-refractivity contribution is -0.138. The second-order valence-corrected chi connectivity index (χ2v) is 3.95. The van der Waals surface area contributed by atoms with Crippen LogP contribution in [0.1, 0.15) is 25.7 Å². The number of rotatable bonds is 5. The van der Waals surface area contributed by atoms with Gasteiger partial charge >= 0.3 is 5.97 Å². The van der Waals surface area contributed by atoms with Crippen molar-refractivity contribution in [3.63, 3.8) is 0 Å². The van der Waals surface area contributed by atoms with E-state index in [4.69, 9.17) is 16.6 Å². The summed E-state index contributed by atoms with van der Waals surface area (Å²) in [6.45, 7) is 0.226. The van der Waals surface area contributed by atoms with Crippen molar-refractivity contribution in [1.29, 1.82) is 0 Å². The van der Waals surface area contributed by atoms with Gasteiger partial charge in [0, 0.05) is 19.4 Å². The molecule has 10 nitrogen and oxygen atoms in total. The Morgan fingerprint density at radius 3 is 2.25 bits per heavy atom. The Kier molecular flexibility index (Phi) is 9.08. The summed E-state index contributed by atoms with van der Waals surface area (Å²) in [5.74, 6) is -1.92. The fourth-order valence-electron chi connectivity index (χ4n) is 1.53. The van der Waals surface area contributed by atoms with Crippen LogP contribution in [-0.4, -0.2) is 57.3 Å². The molecule has 1 fully saturated rings. The Hall–Kier alpha value is -2.04. The highest BCUT2D eigenvalue weighted by Crippen LogP contribution is 2.11. The van der Waals surface area contributed by atoms with Crippen LogP contribution in [0, 0.1) is 0 Å². The van der Waals surface area contributed by atoms with Gasteiger partial charge in [-0.2, -0.15) is 0 Å². The van der Waals surface area contributed by atoms with Gasteiger partial charge in [-0.15, -0.1) is 0 Å². The molecule has 1 unspecified atom stereocenters. The molecular formula is C10H20N4O6. The monoisotopic (exact) mass is 292 g/mol. The molecule has 2 amide bonds. The van der Waals surface area contributed by atoms with Crippen molar-refractivity contribution < 1.29 is 30.4 Å². The van der Waals surface area contributed by atoms with Gasteiger partial charge in [0.05, 0.1) is 0 Å². The van der Waals surface area contributed by atoms with Crippen LogP contribution in [0.25, 0.3) is 0 Å². The molecular weight excluding hydrogens is 272 g/mol. The molecule has 20 heavy (non-hydrogen) atoms. The van der Waals surface area contributed by atoms with Gasteiger partial charge in [-0.3, -0.25) is 19.4 Å². The number of aliphatic carboxylic acids is 1. The van der Waals surface area contributed by atoms with Gasteiger partial charge in [0.25, 0.3) is 0 Å². The number of nitrogens with two attached hydrogens (primary N) is 2. The zero-order valence-electron chi connectivity index (χ0n) is 10.8. The van der Waals surface area contributed by atoms with Gasteiger partial charge in [-0.05, 0) is 12.8 Å². The van der Waals surface area contributed by atoms with E-state index < -0.39 is 12.0 Å². The molecule has 1 rings (SSSR count). The van der Waals surface area contributed by atoms with Crippen LogP contribution < -0.4 is 11.5 Å². The van der Waals surface area contributed by atoms with Crippen molar-refractivity contribution in [2.45, 2.75) is 31.7 Å². The van der Waals surface area contributed by atoms with Crippen molar-refractivity contribution in [2.75, 3.05) is 6.54 Å². The van der Waals surface area contributed by atoms with Gasteiger partial charge in [-0.1, -0.05) is 0 Å². The highest BCUT2D eigenvalue weighted by molar-refractivity contribution is 6.15.